The number of aromatic nitrogens is 2. The normalized spacial score (nSPS) is 17.2. The summed E-state index contributed by atoms with van der Waals surface area (Å²) >= 11 is 0. The summed E-state index contributed by atoms with van der Waals surface area (Å²) in [6, 6.07) is 7.53. The molecule has 1 aromatic carbocycles. The number of hydrogen-bond acceptors (Lipinski definition) is 5. The molecule has 5 nitrogen and oxygen atoms in total. The second-order valence-electron chi connectivity index (χ2n) is 5.34. The number of carbonyl (C=O) groups is 1. The van der Waals surface area contributed by atoms with Crippen molar-refractivity contribution in [3.8, 4) is 5.75 Å². The molecular formula is C16H17N3O2. The number of rotatable bonds is 3. The summed E-state index contributed by atoms with van der Waals surface area (Å²) in [5, 5.41) is 3.15. The highest BCUT2D eigenvalue weighted by Crippen LogP contribution is 2.25. The number of fused-ring (bicyclic) bond motifs is 1. The van der Waals surface area contributed by atoms with Crippen molar-refractivity contribution < 1.29 is 9.53 Å². The van der Waals surface area contributed by atoms with Crippen LogP contribution in [0.2, 0.25) is 0 Å². The Hall–Kier alpha value is -2.43. The first kappa shape index (κ1) is 13.5. The number of nitrogens with zero attached hydrogens (tertiary/aromatic N) is 2. The third-order valence-corrected chi connectivity index (χ3v) is 3.59. The Morgan fingerprint density at radius 2 is 2.00 bits per heavy atom. The number of nitrogens with one attached hydrogen (secondary N) is 1. The molecule has 1 N–H and O–H groups in total. The van der Waals surface area contributed by atoms with Crippen LogP contribution in [-0.4, -0.2) is 22.9 Å². The van der Waals surface area contributed by atoms with Crippen LogP contribution < -0.4 is 10.1 Å². The molecule has 108 valence electrons. The number of ether oxygens (including phenoxy) is 1. The Bertz CT molecular complexity index is 668. The molecule has 0 radical (unpaired) electrons. The fraction of sp³-hybridized carbons (Fsp3) is 0.312. The van der Waals surface area contributed by atoms with E-state index in [0.717, 1.165) is 23.6 Å². The van der Waals surface area contributed by atoms with Crippen LogP contribution in [-0.2, 0) is 6.42 Å². The van der Waals surface area contributed by atoms with E-state index in [4.69, 9.17) is 4.74 Å². The van der Waals surface area contributed by atoms with Gasteiger partial charge in [0.15, 0.2) is 5.78 Å². The fourth-order valence-corrected chi connectivity index (χ4v) is 2.50. The van der Waals surface area contributed by atoms with Crippen LogP contribution >= 0.6 is 0 Å². The maximum atomic E-state index is 11.9. The van der Waals surface area contributed by atoms with Gasteiger partial charge in [0.25, 0.3) is 0 Å². The van der Waals surface area contributed by atoms with Gasteiger partial charge in [-0.3, -0.25) is 4.79 Å². The van der Waals surface area contributed by atoms with Crippen molar-refractivity contribution >= 4 is 17.4 Å². The van der Waals surface area contributed by atoms with Gasteiger partial charge in [-0.2, -0.15) is 0 Å². The molecule has 1 aliphatic rings. The van der Waals surface area contributed by atoms with Crippen LogP contribution in [0.1, 0.15) is 29.4 Å². The smallest absolute Gasteiger partial charge is 0.227 e. The van der Waals surface area contributed by atoms with Gasteiger partial charge in [-0.15, -0.1) is 0 Å². The predicted molar refractivity (Wildman–Crippen MR) is 80.1 cm³/mol. The van der Waals surface area contributed by atoms with E-state index in [0.29, 0.717) is 23.9 Å². The average Bonchev–Trinajstić information content (AvgIpc) is 2.47. The topological polar surface area (TPSA) is 64.1 Å². The molecule has 0 unspecified atom stereocenters. The highest BCUT2D eigenvalue weighted by Gasteiger charge is 2.24. The first-order valence-electron chi connectivity index (χ1n) is 6.96. The number of Topliss-reactive ketones (excluding diaryl/α,β-unsaturated/α-hetero) is 1. The number of methoxy groups -OCH3 is 1. The standard InChI is InChI=1S/C16H17N3O2/c1-10-7-14-13(15(20)8-10)9-17-16(19-14)18-11-3-5-12(21-2)6-4-11/h3-6,9-10H,7-8H2,1-2H3,(H,17,18,19)/t10-/m0/s1. The molecule has 2 aromatic rings. The van der Waals surface area contributed by atoms with Crippen LogP contribution in [0.4, 0.5) is 11.6 Å². The SMILES string of the molecule is COc1ccc(Nc2ncc3c(n2)C[C@H](C)CC3=O)cc1. The lowest BCUT2D eigenvalue weighted by Gasteiger charge is -2.19. The predicted octanol–water partition coefficient (Wildman–Crippen LogP) is 2.99. The van der Waals surface area contributed by atoms with Crippen LogP contribution in [0.25, 0.3) is 0 Å². The number of hydrogen-bond donors (Lipinski definition) is 1. The van der Waals surface area contributed by atoms with Gasteiger partial charge in [0, 0.05) is 18.3 Å². The highest BCUT2D eigenvalue weighted by atomic mass is 16.5. The van der Waals surface area contributed by atoms with Crippen molar-refractivity contribution in [1.82, 2.24) is 9.97 Å². The van der Waals surface area contributed by atoms with E-state index in [1.165, 1.54) is 0 Å². The lowest BCUT2D eigenvalue weighted by atomic mass is 9.88. The van der Waals surface area contributed by atoms with Gasteiger partial charge in [0.1, 0.15) is 5.75 Å². The van der Waals surface area contributed by atoms with Crippen LogP contribution in [0.3, 0.4) is 0 Å². The molecule has 0 aliphatic heterocycles. The summed E-state index contributed by atoms with van der Waals surface area (Å²) in [6.45, 7) is 2.07. The first-order chi connectivity index (χ1) is 10.2. The van der Waals surface area contributed by atoms with Gasteiger partial charge in [0.05, 0.1) is 18.4 Å². The van der Waals surface area contributed by atoms with Gasteiger partial charge in [0.2, 0.25) is 5.95 Å². The Kier molecular flexibility index (Phi) is 3.56. The van der Waals surface area contributed by atoms with Crippen molar-refractivity contribution in [3.63, 3.8) is 0 Å². The Labute approximate surface area is 123 Å². The number of carbonyl (C=O) groups excluding carboxylic acids is 1. The van der Waals surface area contributed by atoms with Crippen LogP contribution in [0.15, 0.2) is 30.5 Å². The first-order valence-corrected chi connectivity index (χ1v) is 6.96. The minimum absolute atomic E-state index is 0.139. The second-order valence-corrected chi connectivity index (χ2v) is 5.34. The third-order valence-electron chi connectivity index (χ3n) is 3.59. The largest absolute Gasteiger partial charge is 0.497 e. The summed E-state index contributed by atoms with van der Waals surface area (Å²) < 4.78 is 5.12. The monoisotopic (exact) mass is 283 g/mol. The quantitative estimate of drug-likeness (QED) is 0.938. The fourth-order valence-electron chi connectivity index (χ4n) is 2.50. The van der Waals surface area contributed by atoms with Gasteiger partial charge in [-0.1, -0.05) is 6.92 Å². The molecule has 21 heavy (non-hydrogen) atoms. The van der Waals surface area contributed by atoms with Crippen molar-refractivity contribution in [1.29, 1.82) is 0 Å². The molecule has 0 saturated carbocycles. The maximum Gasteiger partial charge on any atom is 0.227 e. The molecule has 0 spiro atoms. The summed E-state index contributed by atoms with van der Waals surface area (Å²) in [4.78, 5) is 20.6. The van der Waals surface area contributed by atoms with E-state index in [1.54, 1.807) is 13.3 Å². The highest BCUT2D eigenvalue weighted by molar-refractivity contribution is 5.98. The van der Waals surface area contributed by atoms with E-state index in [9.17, 15) is 4.79 Å². The zero-order valence-corrected chi connectivity index (χ0v) is 12.1. The minimum Gasteiger partial charge on any atom is -0.497 e. The van der Waals surface area contributed by atoms with E-state index in [2.05, 4.69) is 22.2 Å². The molecule has 0 amide bonds. The number of ketones is 1. The lowest BCUT2D eigenvalue weighted by Crippen LogP contribution is -2.20. The molecule has 3 rings (SSSR count). The maximum absolute atomic E-state index is 11.9. The minimum atomic E-state index is 0.139. The van der Waals surface area contributed by atoms with Crippen LogP contribution in [0, 0.1) is 5.92 Å². The number of benzene rings is 1. The molecule has 0 bridgehead atoms. The molecule has 1 aliphatic carbocycles. The molecule has 0 saturated heterocycles. The number of anilines is 2. The van der Waals surface area contributed by atoms with E-state index in [1.807, 2.05) is 24.3 Å². The molecular weight excluding hydrogens is 266 g/mol. The zero-order valence-electron chi connectivity index (χ0n) is 12.1. The van der Waals surface area contributed by atoms with Crippen molar-refractivity contribution in [2.75, 3.05) is 12.4 Å². The van der Waals surface area contributed by atoms with Gasteiger partial charge in [-0.25, -0.2) is 9.97 Å². The summed E-state index contributed by atoms with van der Waals surface area (Å²) in [6.07, 6.45) is 3.03. The summed E-state index contributed by atoms with van der Waals surface area (Å²) in [5.41, 5.74) is 2.38. The van der Waals surface area contributed by atoms with E-state index < -0.39 is 0 Å². The zero-order chi connectivity index (χ0) is 14.8. The summed E-state index contributed by atoms with van der Waals surface area (Å²) in [5.74, 6) is 1.79. The van der Waals surface area contributed by atoms with E-state index in [-0.39, 0.29) is 5.78 Å². The Balaban J connectivity index is 1.83. The lowest BCUT2D eigenvalue weighted by molar-refractivity contribution is 0.0951. The van der Waals surface area contributed by atoms with Crippen LogP contribution in [0.5, 0.6) is 5.75 Å². The van der Waals surface area contributed by atoms with E-state index >= 15 is 0 Å². The second kappa shape index (κ2) is 5.52. The van der Waals surface area contributed by atoms with Gasteiger partial charge < -0.3 is 10.1 Å². The third kappa shape index (κ3) is 2.86. The molecule has 5 heteroatoms. The average molecular weight is 283 g/mol. The molecule has 1 atom stereocenters. The Morgan fingerprint density at radius 3 is 2.71 bits per heavy atom. The van der Waals surface area contributed by atoms with Gasteiger partial charge in [-0.05, 0) is 36.6 Å². The Morgan fingerprint density at radius 1 is 1.24 bits per heavy atom. The van der Waals surface area contributed by atoms with Crippen molar-refractivity contribution in [2.45, 2.75) is 19.8 Å². The molecule has 1 aromatic heterocycles. The van der Waals surface area contributed by atoms with Crippen molar-refractivity contribution in [2.24, 2.45) is 5.92 Å². The molecule has 0 fully saturated rings. The van der Waals surface area contributed by atoms with Crippen molar-refractivity contribution in [3.05, 3.63) is 41.7 Å². The summed E-state index contributed by atoms with van der Waals surface area (Å²) in [7, 11) is 1.63. The van der Waals surface area contributed by atoms with Gasteiger partial charge >= 0.3 is 0 Å². The molecule has 1 heterocycles.